The molecular formula is C29H32F4N3O6-. The fraction of sp³-hybridized carbons (Fsp3) is 0.414. The number of hydrogen-bond donors (Lipinski definition) is 2. The van der Waals surface area contributed by atoms with Crippen LogP contribution >= 0.6 is 0 Å². The minimum atomic E-state index is -4.83. The van der Waals surface area contributed by atoms with Gasteiger partial charge in [-0.3, -0.25) is 4.79 Å². The molecule has 1 heterocycles. The summed E-state index contributed by atoms with van der Waals surface area (Å²) in [6.07, 6.45) is -7.71. The number of aromatic nitrogens is 2. The lowest BCUT2D eigenvalue weighted by Gasteiger charge is -2.19. The molecule has 0 radical (unpaired) electrons. The topological polar surface area (TPSA) is 128 Å². The van der Waals surface area contributed by atoms with Crippen LogP contribution in [0.15, 0.2) is 48.5 Å². The number of aliphatic carboxylic acids is 1. The van der Waals surface area contributed by atoms with E-state index in [1.807, 2.05) is 13.8 Å². The molecule has 3 aromatic rings. The molecule has 0 aliphatic carbocycles. The molecule has 2 N–H and O–H groups in total. The number of amides is 1. The van der Waals surface area contributed by atoms with Crippen molar-refractivity contribution >= 4 is 11.9 Å². The molecule has 0 spiro atoms. The Labute approximate surface area is 240 Å². The van der Waals surface area contributed by atoms with E-state index in [1.165, 1.54) is 53.0 Å². The molecule has 42 heavy (non-hydrogen) atoms. The Morgan fingerprint density at radius 1 is 1.05 bits per heavy atom. The smallest absolute Gasteiger partial charge is 0.550 e. The van der Waals surface area contributed by atoms with E-state index in [0.717, 1.165) is 12.1 Å². The summed E-state index contributed by atoms with van der Waals surface area (Å²) in [6, 6.07) is 10.6. The van der Waals surface area contributed by atoms with Crippen LogP contribution in [0.2, 0.25) is 0 Å². The summed E-state index contributed by atoms with van der Waals surface area (Å²) in [5.74, 6) is -3.00. The van der Waals surface area contributed by atoms with Gasteiger partial charge in [-0.15, -0.1) is 13.2 Å². The van der Waals surface area contributed by atoms with Gasteiger partial charge < -0.3 is 29.8 Å². The quantitative estimate of drug-likeness (QED) is 0.290. The molecule has 3 rings (SSSR count). The fourth-order valence-electron chi connectivity index (χ4n) is 4.60. The van der Waals surface area contributed by atoms with Crippen LogP contribution in [0.3, 0.4) is 0 Å². The lowest BCUT2D eigenvalue weighted by Crippen LogP contribution is -2.29. The molecule has 13 heteroatoms. The van der Waals surface area contributed by atoms with Crippen LogP contribution in [-0.4, -0.2) is 62.4 Å². The van der Waals surface area contributed by atoms with Gasteiger partial charge in [-0.2, -0.15) is 5.10 Å². The van der Waals surface area contributed by atoms with Crippen LogP contribution in [0.25, 0.3) is 5.69 Å². The maximum absolute atomic E-state index is 13.7. The van der Waals surface area contributed by atoms with E-state index in [2.05, 4.69) is 9.84 Å². The molecule has 0 aliphatic heterocycles. The summed E-state index contributed by atoms with van der Waals surface area (Å²) in [6.45, 7) is 3.76. The third-order valence-electron chi connectivity index (χ3n) is 6.46. The van der Waals surface area contributed by atoms with Crippen LogP contribution in [0, 0.1) is 5.82 Å². The maximum Gasteiger partial charge on any atom is 0.573 e. The van der Waals surface area contributed by atoms with Crippen molar-refractivity contribution < 1.29 is 47.2 Å². The fourth-order valence-corrected chi connectivity index (χ4v) is 4.60. The Balaban J connectivity index is 1.90. The molecule has 0 aliphatic rings. The van der Waals surface area contributed by atoms with Crippen molar-refractivity contribution in [1.29, 1.82) is 0 Å². The molecule has 228 valence electrons. The van der Waals surface area contributed by atoms with Crippen LogP contribution in [0.4, 0.5) is 17.6 Å². The number of hydrogen-bond acceptors (Lipinski definition) is 7. The van der Waals surface area contributed by atoms with Crippen LogP contribution in [0.1, 0.15) is 66.3 Å². The van der Waals surface area contributed by atoms with Gasteiger partial charge in [0.05, 0.1) is 17.9 Å². The SMILES string of the molecule is CC(C)c1c(C(=O)N(C)Cc2ccc(OC(F)(F)F)cc2)nn(-c2ccc(F)cc2)c1CC[C@@H](O)C[C@@H](O)CC(=O)[O-]. The molecule has 0 saturated carbocycles. The third-order valence-corrected chi connectivity index (χ3v) is 6.46. The highest BCUT2D eigenvalue weighted by Gasteiger charge is 2.31. The first-order valence-corrected chi connectivity index (χ1v) is 13.2. The maximum atomic E-state index is 13.7. The number of halogens is 4. The highest BCUT2D eigenvalue weighted by atomic mass is 19.4. The Kier molecular flexibility index (Phi) is 10.7. The second kappa shape index (κ2) is 13.8. The first-order valence-electron chi connectivity index (χ1n) is 13.2. The number of nitrogens with zero attached hydrogens (tertiary/aromatic N) is 3. The van der Waals surface area contributed by atoms with E-state index in [9.17, 15) is 42.5 Å². The van der Waals surface area contributed by atoms with Crippen LogP contribution in [-0.2, 0) is 17.8 Å². The minimum absolute atomic E-state index is 0.0520. The third kappa shape index (κ3) is 9.02. The van der Waals surface area contributed by atoms with Crippen LogP contribution < -0.4 is 9.84 Å². The average Bonchev–Trinajstić information content (AvgIpc) is 3.27. The standard InChI is InChI=1S/C29H33F4N3O6/c1-17(2)26-24(13-10-21(37)14-22(38)15-25(39)40)36(20-8-6-19(30)7-9-20)34-27(26)28(41)35(3)16-18-4-11-23(12-5-18)42-29(31,32)33/h4-9,11-12,17,21-22,37-38H,10,13-16H2,1-3H3,(H,39,40)/p-1/t21-,22-/m1/s1. The number of carboxylic acid groups (broad SMARTS) is 1. The zero-order chi connectivity index (χ0) is 31.2. The molecule has 0 fully saturated rings. The first kappa shape index (κ1) is 32.5. The predicted octanol–water partition coefficient (Wildman–Crippen LogP) is 3.49. The van der Waals surface area contributed by atoms with E-state index in [1.54, 1.807) is 0 Å². The normalized spacial score (nSPS) is 13.2. The van der Waals surface area contributed by atoms with Crippen molar-refractivity contribution in [2.24, 2.45) is 0 Å². The lowest BCUT2D eigenvalue weighted by atomic mass is 9.95. The molecule has 0 bridgehead atoms. The largest absolute Gasteiger partial charge is 0.573 e. The molecular weight excluding hydrogens is 562 g/mol. The summed E-state index contributed by atoms with van der Waals surface area (Å²) >= 11 is 0. The number of carbonyl (C=O) groups excluding carboxylic acids is 2. The summed E-state index contributed by atoms with van der Waals surface area (Å²) in [4.78, 5) is 25.7. The predicted molar refractivity (Wildman–Crippen MR) is 141 cm³/mol. The minimum Gasteiger partial charge on any atom is -0.550 e. The summed E-state index contributed by atoms with van der Waals surface area (Å²) in [5.41, 5.74) is 2.25. The Hall–Kier alpha value is -3.97. The zero-order valence-corrected chi connectivity index (χ0v) is 23.3. The van der Waals surface area contributed by atoms with Gasteiger partial charge in [0.1, 0.15) is 11.6 Å². The van der Waals surface area contributed by atoms with Gasteiger partial charge in [0.25, 0.3) is 5.91 Å². The zero-order valence-electron chi connectivity index (χ0n) is 23.3. The van der Waals surface area contributed by atoms with E-state index in [-0.39, 0.29) is 43.2 Å². The monoisotopic (exact) mass is 594 g/mol. The van der Waals surface area contributed by atoms with Crippen molar-refractivity contribution in [2.75, 3.05) is 7.05 Å². The Morgan fingerprint density at radius 2 is 1.67 bits per heavy atom. The van der Waals surface area contributed by atoms with E-state index >= 15 is 0 Å². The van der Waals surface area contributed by atoms with Crippen molar-refractivity contribution in [3.8, 4) is 11.4 Å². The summed E-state index contributed by atoms with van der Waals surface area (Å²) < 4.78 is 56.5. The molecule has 2 atom stereocenters. The second-order valence-electron chi connectivity index (χ2n) is 10.3. The number of alkyl halides is 3. The molecule has 1 aromatic heterocycles. The molecule has 2 aromatic carbocycles. The van der Waals surface area contributed by atoms with E-state index in [4.69, 9.17) is 0 Å². The molecule has 0 unspecified atom stereocenters. The lowest BCUT2D eigenvalue weighted by molar-refractivity contribution is -0.307. The summed E-state index contributed by atoms with van der Waals surface area (Å²) in [7, 11) is 1.52. The van der Waals surface area contributed by atoms with Gasteiger partial charge in [0.15, 0.2) is 5.69 Å². The first-order chi connectivity index (χ1) is 19.6. The average molecular weight is 595 g/mol. The molecule has 0 saturated heterocycles. The highest BCUT2D eigenvalue weighted by molar-refractivity contribution is 5.94. The Bertz CT molecular complexity index is 1360. The molecule has 9 nitrogen and oxygen atoms in total. The Morgan fingerprint density at radius 3 is 2.21 bits per heavy atom. The molecule has 1 amide bonds. The number of carbonyl (C=O) groups is 2. The van der Waals surface area contributed by atoms with Crippen molar-refractivity contribution in [2.45, 2.75) is 70.6 Å². The number of aliphatic hydroxyl groups excluding tert-OH is 2. The number of aliphatic hydroxyl groups is 2. The van der Waals surface area contributed by atoms with Crippen molar-refractivity contribution in [3.05, 3.63) is 76.9 Å². The number of benzene rings is 2. The van der Waals surface area contributed by atoms with E-state index < -0.39 is 42.7 Å². The van der Waals surface area contributed by atoms with Gasteiger partial charge in [0, 0.05) is 37.2 Å². The number of carboxylic acids is 1. The van der Waals surface area contributed by atoms with Crippen molar-refractivity contribution in [1.82, 2.24) is 14.7 Å². The van der Waals surface area contributed by atoms with Gasteiger partial charge >= 0.3 is 6.36 Å². The summed E-state index contributed by atoms with van der Waals surface area (Å²) in [5, 5.41) is 35.7. The van der Waals surface area contributed by atoms with E-state index in [0.29, 0.717) is 22.5 Å². The number of rotatable bonds is 13. The van der Waals surface area contributed by atoms with Gasteiger partial charge in [-0.25, -0.2) is 9.07 Å². The highest BCUT2D eigenvalue weighted by Crippen LogP contribution is 2.30. The van der Waals surface area contributed by atoms with Gasteiger partial charge in [-0.1, -0.05) is 26.0 Å². The van der Waals surface area contributed by atoms with Crippen molar-refractivity contribution in [3.63, 3.8) is 0 Å². The number of ether oxygens (including phenoxy) is 1. The second-order valence-corrected chi connectivity index (χ2v) is 10.3. The van der Waals surface area contributed by atoms with Gasteiger partial charge in [0.2, 0.25) is 0 Å². The van der Waals surface area contributed by atoms with Gasteiger partial charge in [-0.05, 0) is 67.1 Å². The van der Waals surface area contributed by atoms with Crippen LogP contribution in [0.5, 0.6) is 5.75 Å².